The molecular formula is C13H16FN3O3. The van der Waals surface area contributed by atoms with Crippen LogP contribution in [-0.2, 0) is 4.79 Å². The molecule has 0 aliphatic carbocycles. The number of primary amides is 1. The lowest BCUT2D eigenvalue weighted by Gasteiger charge is -2.38. The third-order valence-electron chi connectivity index (χ3n) is 2.91. The van der Waals surface area contributed by atoms with Gasteiger partial charge < -0.3 is 20.7 Å². The second kappa shape index (κ2) is 6.23. The Bertz CT molecular complexity index is 503. The van der Waals surface area contributed by atoms with Crippen LogP contribution < -0.4 is 15.8 Å². The Balaban J connectivity index is 1.70. The molecule has 1 fully saturated rings. The van der Waals surface area contributed by atoms with Crippen molar-refractivity contribution >= 4 is 11.9 Å². The van der Waals surface area contributed by atoms with Crippen molar-refractivity contribution in [2.45, 2.75) is 12.5 Å². The van der Waals surface area contributed by atoms with Crippen LogP contribution in [0.15, 0.2) is 24.3 Å². The van der Waals surface area contributed by atoms with E-state index in [1.54, 1.807) is 18.2 Å². The molecule has 1 aromatic carbocycles. The number of carbonyl (C=O) groups excluding carboxylic acids is 2. The number of para-hydroxylation sites is 1. The molecule has 20 heavy (non-hydrogen) atoms. The van der Waals surface area contributed by atoms with Crippen LogP contribution in [0.2, 0.25) is 0 Å². The molecule has 6 nitrogen and oxygen atoms in total. The molecule has 0 atom stereocenters. The van der Waals surface area contributed by atoms with Gasteiger partial charge in [-0.1, -0.05) is 12.1 Å². The second-order valence-corrected chi connectivity index (χ2v) is 4.52. The normalized spacial score (nSPS) is 14.6. The SMILES string of the molecule is NC(=O)CCNC(=O)N1CC(Oc2ccccc2F)C1. The number of nitrogens with two attached hydrogens (primary N) is 1. The van der Waals surface area contributed by atoms with Gasteiger partial charge in [-0.2, -0.15) is 0 Å². The molecule has 0 spiro atoms. The molecule has 2 rings (SSSR count). The molecule has 1 aliphatic rings. The van der Waals surface area contributed by atoms with E-state index >= 15 is 0 Å². The van der Waals surface area contributed by atoms with Gasteiger partial charge in [-0.3, -0.25) is 4.79 Å². The van der Waals surface area contributed by atoms with Gasteiger partial charge in [0.2, 0.25) is 5.91 Å². The summed E-state index contributed by atoms with van der Waals surface area (Å²) in [5, 5.41) is 2.57. The molecular weight excluding hydrogens is 265 g/mol. The number of likely N-dealkylation sites (tertiary alicyclic amines) is 1. The summed E-state index contributed by atoms with van der Waals surface area (Å²) in [7, 11) is 0. The quantitative estimate of drug-likeness (QED) is 0.823. The van der Waals surface area contributed by atoms with Gasteiger partial charge in [-0.15, -0.1) is 0 Å². The lowest BCUT2D eigenvalue weighted by Crippen LogP contribution is -2.59. The first kappa shape index (κ1) is 14.1. The number of ether oxygens (including phenoxy) is 1. The lowest BCUT2D eigenvalue weighted by molar-refractivity contribution is -0.117. The Hall–Kier alpha value is -2.31. The predicted octanol–water partition coefficient (Wildman–Crippen LogP) is 0.474. The number of hydrogen-bond acceptors (Lipinski definition) is 3. The Labute approximate surface area is 115 Å². The number of urea groups is 1. The van der Waals surface area contributed by atoms with Crippen molar-refractivity contribution in [2.75, 3.05) is 19.6 Å². The van der Waals surface area contributed by atoms with Gasteiger partial charge in [-0.05, 0) is 12.1 Å². The fraction of sp³-hybridized carbons (Fsp3) is 0.385. The number of benzene rings is 1. The van der Waals surface area contributed by atoms with Gasteiger partial charge in [0, 0.05) is 13.0 Å². The van der Waals surface area contributed by atoms with E-state index in [1.807, 2.05) is 0 Å². The summed E-state index contributed by atoms with van der Waals surface area (Å²) < 4.78 is 18.8. The van der Waals surface area contributed by atoms with Gasteiger partial charge in [0.25, 0.3) is 0 Å². The number of hydrogen-bond donors (Lipinski definition) is 2. The average molecular weight is 281 g/mol. The Kier molecular flexibility index (Phi) is 4.39. The van der Waals surface area contributed by atoms with Crippen LogP contribution in [0, 0.1) is 5.82 Å². The number of amides is 3. The largest absolute Gasteiger partial charge is 0.484 e. The minimum atomic E-state index is -0.463. The molecule has 108 valence electrons. The molecule has 0 radical (unpaired) electrons. The summed E-state index contributed by atoms with van der Waals surface area (Å²) in [5.74, 6) is -0.696. The fourth-order valence-corrected chi connectivity index (χ4v) is 1.80. The van der Waals surface area contributed by atoms with Crippen LogP contribution in [0.3, 0.4) is 0 Å². The van der Waals surface area contributed by atoms with Crippen molar-refractivity contribution in [1.29, 1.82) is 0 Å². The van der Waals surface area contributed by atoms with Gasteiger partial charge in [0.05, 0.1) is 13.1 Å². The van der Waals surface area contributed by atoms with Crippen LogP contribution in [0.5, 0.6) is 5.75 Å². The minimum Gasteiger partial charge on any atom is -0.484 e. The summed E-state index contributed by atoms with van der Waals surface area (Å²) in [6.45, 7) is 0.983. The van der Waals surface area contributed by atoms with Gasteiger partial charge >= 0.3 is 6.03 Å². The van der Waals surface area contributed by atoms with Crippen molar-refractivity contribution in [1.82, 2.24) is 10.2 Å². The van der Waals surface area contributed by atoms with Crippen LogP contribution in [-0.4, -0.2) is 42.6 Å². The molecule has 0 aromatic heterocycles. The summed E-state index contributed by atoms with van der Waals surface area (Å²) in [6.07, 6.45) is -0.108. The van der Waals surface area contributed by atoms with Crippen molar-refractivity contribution in [3.63, 3.8) is 0 Å². The number of carbonyl (C=O) groups is 2. The van der Waals surface area contributed by atoms with E-state index in [4.69, 9.17) is 10.5 Å². The third kappa shape index (κ3) is 3.59. The average Bonchev–Trinajstić information content (AvgIpc) is 2.34. The molecule has 1 saturated heterocycles. The van der Waals surface area contributed by atoms with E-state index < -0.39 is 11.7 Å². The maximum atomic E-state index is 13.3. The summed E-state index contributed by atoms with van der Waals surface area (Å²) in [4.78, 5) is 23.6. The van der Waals surface area contributed by atoms with Crippen molar-refractivity contribution < 1.29 is 18.7 Å². The number of halogens is 1. The maximum Gasteiger partial charge on any atom is 0.317 e. The van der Waals surface area contributed by atoms with Crippen LogP contribution in [0.25, 0.3) is 0 Å². The standard InChI is InChI=1S/C13H16FN3O3/c14-10-3-1-2-4-11(10)20-9-7-17(8-9)13(19)16-6-5-12(15)18/h1-4,9H,5-8H2,(H2,15,18)(H,16,19). The monoisotopic (exact) mass is 281 g/mol. The summed E-state index contributed by atoms with van der Waals surface area (Å²) in [6, 6.07) is 5.86. The van der Waals surface area contributed by atoms with Crippen molar-refractivity contribution in [3.8, 4) is 5.75 Å². The second-order valence-electron chi connectivity index (χ2n) is 4.52. The lowest BCUT2D eigenvalue weighted by atomic mass is 10.2. The van der Waals surface area contributed by atoms with E-state index in [-0.39, 0.29) is 30.9 Å². The number of nitrogens with zero attached hydrogens (tertiary/aromatic N) is 1. The Morgan fingerprint density at radius 1 is 1.40 bits per heavy atom. The minimum absolute atomic E-state index is 0.106. The highest BCUT2D eigenvalue weighted by Crippen LogP contribution is 2.20. The highest BCUT2D eigenvalue weighted by molar-refractivity contribution is 5.77. The van der Waals surface area contributed by atoms with Crippen LogP contribution in [0.4, 0.5) is 9.18 Å². The van der Waals surface area contributed by atoms with E-state index in [2.05, 4.69) is 5.32 Å². The fourth-order valence-electron chi connectivity index (χ4n) is 1.80. The smallest absolute Gasteiger partial charge is 0.317 e. The molecule has 3 N–H and O–H groups in total. The van der Waals surface area contributed by atoms with Gasteiger partial charge in [0.15, 0.2) is 11.6 Å². The van der Waals surface area contributed by atoms with E-state index in [0.29, 0.717) is 13.1 Å². The predicted molar refractivity (Wildman–Crippen MR) is 69.6 cm³/mol. The number of nitrogens with one attached hydrogen (secondary N) is 1. The molecule has 0 saturated carbocycles. The van der Waals surface area contributed by atoms with Crippen molar-refractivity contribution in [2.24, 2.45) is 5.73 Å². The highest BCUT2D eigenvalue weighted by atomic mass is 19.1. The first-order chi connectivity index (χ1) is 9.56. The first-order valence-electron chi connectivity index (χ1n) is 6.28. The Morgan fingerprint density at radius 2 is 2.10 bits per heavy atom. The third-order valence-corrected chi connectivity index (χ3v) is 2.91. The van der Waals surface area contributed by atoms with E-state index in [1.165, 1.54) is 11.0 Å². The van der Waals surface area contributed by atoms with Gasteiger partial charge in [0.1, 0.15) is 6.10 Å². The summed E-state index contributed by atoms with van der Waals surface area (Å²) in [5.41, 5.74) is 4.96. The van der Waals surface area contributed by atoms with Gasteiger partial charge in [-0.25, -0.2) is 9.18 Å². The molecule has 1 aliphatic heterocycles. The highest BCUT2D eigenvalue weighted by Gasteiger charge is 2.32. The van der Waals surface area contributed by atoms with Crippen molar-refractivity contribution in [3.05, 3.63) is 30.1 Å². The zero-order chi connectivity index (χ0) is 14.5. The van der Waals surface area contributed by atoms with E-state index in [9.17, 15) is 14.0 Å². The zero-order valence-corrected chi connectivity index (χ0v) is 10.8. The molecule has 0 unspecified atom stereocenters. The maximum absolute atomic E-state index is 13.3. The molecule has 0 bridgehead atoms. The molecule has 7 heteroatoms. The van der Waals surface area contributed by atoms with Crippen LogP contribution in [0.1, 0.15) is 6.42 Å². The molecule has 3 amide bonds. The zero-order valence-electron chi connectivity index (χ0n) is 10.8. The first-order valence-corrected chi connectivity index (χ1v) is 6.28. The molecule has 1 aromatic rings. The number of rotatable bonds is 5. The van der Waals surface area contributed by atoms with E-state index in [0.717, 1.165) is 0 Å². The molecule has 1 heterocycles. The topological polar surface area (TPSA) is 84.7 Å². The summed E-state index contributed by atoms with van der Waals surface area (Å²) >= 11 is 0. The Morgan fingerprint density at radius 3 is 2.75 bits per heavy atom. The van der Waals surface area contributed by atoms with Crippen LogP contribution >= 0.6 is 0 Å².